The Kier molecular flexibility index (Phi) is 4.93. The van der Waals surface area contributed by atoms with Crippen molar-refractivity contribution in [2.75, 3.05) is 6.54 Å². The van der Waals surface area contributed by atoms with Crippen molar-refractivity contribution in [1.29, 1.82) is 5.26 Å². The molecule has 1 aliphatic carbocycles. The number of likely N-dealkylation sites (tertiary alicyclic amines) is 1. The molecule has 2 aliphatic rings. The fourth-order valence-electron chi connectivity index (χ4n) is 4.62. The summed E-state index contributed by atoms with van der Waals surface area (Å²) in [6, 6.07) is 18.4. The molecule has 0 bridgehead atoms. The topological polar surface area (TPSA) is 87.5 Å². The Bertz CT molecular complexity index is 1080. The zero-order valence-electron chi connectivity index (χ0n) is 17.8. The van der Waals surface area contributed by atoms with Crippen LogP contribution in [0.2, 0.25) is 0 Å². The Hall–Kier alpha value is -3.46. The van der Waals surface area contributed by atoms with Gasteiger partial charge >= 0.3 is 5.97 Å². The Balaban J connectivity index is 1.68. The fourth-order valence-corrected chi connectivity index (χ4v) is 4.62. The standard InChI is InChI=1S/C25H24N2O4/c1-24(2,3)31-23(30)20-19(18-11-9-16(13-26)10-12-18)25(20)15-27(22(29)21(25)28)14-17-7-5-4-6-8-17/h4-12,19-20H,14-15H2,1-3H3/t19-,20+,25-/m1/s1. The number of nitrogens with zero attached hydrogens (tertiary/aromatic N) is 2. The van der Waals surface area contributed by atoms with Crippen molar-refractivity contribution in [3.8, 4) is 6.07 Å². The first-order valence-electron chi connectivity index (χ1n) is 10.3. The van der Waals surface area contributed by atoms with E-state index in [1.165, 1.54) is 4.90 Å². The van der Waals surface area contributed by atoms with Crippen molar-refractivity contribution in [2.24, 2.45) is 11.3 Å². The third kappa shape index (κ3) is 3.61. The van der Waals surface area contributed by atoms with Crippen LogP contribution >= 0.6 is 0 Å². The van der Waals surface area contributed by atoms with E-state index in [1.54, 1.807) is 45.0 Å². The second-order valence-corrected chi connectivity index (χ2v) is 9.24. The molecule has 31 heavy (non-hydrogen) atoms. The van der Waals surface area contributed by atoms with Crippen LogP contribution in [0.15, 0.2) is 54.6 Å². The first kappa shape index (κ1) is 20.8. The van der Waals surface area contributed by atoms with Crippen LogP contribution in [0.3, 0.4) is 0 Å². The molecule has 0 N–H and O–H groups in total. The molecule has 1 aliphatic heterocycles. The van der Waals surface area contributed by atoms with Crippen molar-refractivity contribution in [3.63, 3.8) is 0 Å². The molecule has 0 unspecified atom stereocenters. The lowest BCUT2D eigenvalue weighted by atomic mass is 9.96. The van der Waals surface area contributed by atoms with Gasteiger partial charge in [-0.2, -0.15) is 5.26 Å². The van der Waals surface area contributed by atoms with Gasteiger partial charge in [0.05, 0.1) is 23.0 Å². The van der Waals surface area contributed by atoms with Gasteiger partial charge in [-0.25, -0.2) is 0 Å². The number of carbonyl (C=O) groups is 3. The van der Waals surface area contributed by atoms with Gasteiger partial charge in [-0.3, -0.25) is 14.4 Å². The highest BCUT2D eigenvalue weighted by Gasteiger charge is 2.78. The molecule has 1 saturated carbocycles. The molecule has 6 nitrogen and oxygen atoms in total. The Morgan fingerprint density at radius 3 is 2.35 bits per heavy atom. The molecular formula is C25H24N2O4. The number of amides is 1. The van der Waals surface area contributed by atoms with Crippen molar-refractivity contribution in [3.05, 3.63) is 71.3 Å². The summed E-state index contributed by atoms with van der Waals surface area (Å²) in [5, 5.41) is 9.08. The van der Waals surface area contributed by atoms with Crippen LogP contribution in [0.5, 0.6) is 0 Å². The van der Waals surface area contributed by atoms with Gasteiger partial charge in [0.1, 0.15) is 5.60 Å². The maximum Gasteiger partial charge on any atom is 0.311 e. The number of hydrogen-bond donors (Lipinski definition) is 0. The zero-order valence-corrected chi connectivity index (χ0v) is 17.8. The molecule has 3 atom stereocenters. The first-order valence-corrected chi connectivity index (χ1v) is 10.3. The van der Waals surface area contributed by atoms with Crippen molar-refractivity contribution in [2.45, 2.75) is 38.8 Å². The van der Waals surface area contributed by atoms with Crippen LogP contribution in [0, 0.1) is 22.7 Å². The number of hydrogen-bond acceptors (Lipinski definition) is 5. The Morgan fingerprint density at radius 2 is 1.77 bits per heavy atom. The maximum absolute atomic E-state index is 13.2. The normalized spacial score (nSPS) is 24.9. The third-order valence-corrected chi connectivity index (χ3v) is 5.97. The van der Waals surface area contributed by atoms with Gasteiger partial charge < -0.3 is 9.64 Å². The highest BCUT2D eigenvalue weighted by molar-refractivity contribution is 6.42. The zero-order chi connectivity index (χ0) is 22.4. The summed E-state index contributed by atoms with van der Waals surface area (Å²) in [7, 11) is 0. The van der Waals surface area contributed by atoms with Crippen LogP contribution in [-0.2, 0) is 25.7 Å². The summed E-state index contributed by atoms with van der Waals surface area (Å²) >= 11 is 0. The molecule has 2 aromatic rings. The Morgan fingerprint density at radius 1 is 1.13 bits per heavy atom. The van der Waals surface area contributed by atoms with Gasteiger partial charge in [0.15, 0.2) is 0 Å². The van der Waals surface area contributed by atoms with Crippen LogP contribution in [0.4, 0.5) is 0 Å². The second kappa shape index (κ2) is 7.35. The fraction of sp³-hybridized carbons (Fsp3) is 0.360. The highest BCUT2D eigenvalue weighted by Crippen LogP contribution is 2.68. The van der Waals surface area contributed by atoms with E-state index in [9.17, 15) is 14.4 Å². The molecule has 4 rings (SSSR count). The lowest BCUT2D eigenvalue weighted by Gasteiger charge is -2.20. The lowest BCUT2D eigenvalue weighted by Crippen LogP contribution is -2.28. The van der Waals surface area contributed by atoms with E-state index >= 15 is 0 Å². The van der Waals surface area contributed by atoms with E-state index in [-0.39, 0.29) is 6.54 Å². The third-order valence-electron chi connectivity index (χ3n) is 5.97. The molecule has 6 heteroatoms. The van der Waals surface area contributed by atoms with Crippen molar-refractivity contribution >= 4 is 17.7 Å². The van der Waals surface area contributed by atoms with Crippen LogP contribution < -0.4 is 0 Å². The summed E-state index contributed by atoms with van der Waals surface area (Å²) < 4.78 is 5.61. The number of rotatable bonds is 4. The van der Waals surface area contributed by atoms with Gasteiger partial charge in [0.25, 0.3) is 5.91 Å². The molecule has 1 amide bonds. The summed E-state index contributed by atoms with van der Waals surface area (Å²) in [4.78, 5) is 40.7. The van der Waals surface area contributed by atoms with Crippen LogP contribution in [0.1, 0.15) is 43.4 Å². The average molecular weight is 416 g/mol. The quantitative estimate of drug-likeness (QED) is 0.564. The van der Waals surface area contributed by atoms with Gasteiger partial charge in [-0.05, 0) is 44.0 Å². The van der Waals surface area contributed by atoms with E-state index in [0.29, 0.717) is 12.1 Å². The minimum Gasteiger partial charge on any atom is -0.460 e. The molecule has 2 fully saturated rings. The minimum absolute atomic E-state index is 0.175. The van der Waals surface area contributed by atoms with E-state index in [2.05, 4.69) is 6.07 Å². The number of benzene rings is 2. The smallest absolute Gasteiger partial charge is 0.311 e. The second-order valence-electron chi connectivity index (χ2n) is 9.24. The lowest BCUT2D eigenvalue weighted by molar-refractivity contribution is -0.158. The summed E-state index contributed by atoms with van der Waals surface area (Å²) in [5.41, 5.74) is 0.350. The van der Waals surface area contributed by atoms with Gasteiger partial charge in [0, 0.05) is 19.0 Å². The predicted octanol–water partition coefficient (Wildman–Crippen LogP) is 3.21. The molecule has 158 valence electrons. The molecule has 1 heterocycles. The molecular weight excluding hydrogens is 392 g/mol. The van der Waals surface area contributed by atoms with E-state index < -0.39 is 40.5 Å². The van der Waals surface area contributed by atoms with Crippen LogP contribution in [0.25, 0.3) is 0 Å². The predicted molar refractivity (Wildman–Crippen MR) is 113 cm³/mol. The first-order chi connectivity index (χ1) is 14.7. The van der Waals surface area contributed by atoms with E-state index in [0.717, 1.165) is 11.1 Å². The average Bonchev–Trinajstić information content (AvgIpc) is 3.35. The summed E-state index contributed by atoms with van der Waals surface area (Å²) in [5.74, 6) is -2.74. The number of Topliss-reactive ketones (excluding diaryl/α,β-unsaturated/α-hetero) is 1. The van der Waals surface area contributed by atoms with E-state index in [1.807, 2.05) is 30.3 Å². The van der Waals surface area contributed by atoms with E-state index in [4.69, 9.17) is 10.00 Å². The SMILES string of the molecule is CC(C)(C)OC(=O)[C@@H]1[C@@H](c2ccc(C#N)cc2)[C@]12CN(Cc1ccccc1)C(=O)C2=O. The highest BCUT2D eigenvalue weighted by atomic mass is 16.6. The number of carbonyl (C=O) groups excluding carboxylic acids is 3. The molecule has 1 saturated heterocycles. The Labute approximate surface area is 181 Å². The van der Waals surface area contributed by atoms with Crippen molar-refractivity contribution < 1.29 is 19.1 Å². The maximum atomic E-state index is 13.2. The molecule has 1 spiro atoms. The summed E-state index contributed by atoms with van der Waals surface area (Å²) in [6.45, 7) is 5.82. The van der Waals surface area contributed by atoms with Gasteiger partial charge in [-0.15, -0.1) is 0 Å². The molecule has 0 aromatic heterocycles. The largest absolute Gasteiger partial charge is 0.460 e. The number of ketones is 1. The van der Waals surface area contributed by atoms with Crippen LogP contribution in [-0.4, -0.2) is 34.7 Å². The number of nitriles is 1. The molecule has 0 radical (unpaired) electrons. The van der Waals surface area contributed by atoms with Gasteiger partial charge in [0.2, 0.25) is 5.78 Å². The molecule has 2 aromatic carbocycles. The number of esters is 1. The minimum atomic E-state index is -1.12. The monoisotopic (exact) mass is 416 g/mol. The number of ether oxygens (including phenoxy) is 1. The summed E-state index contributed by atoms with van der Waals surface area (Å²) in [6.07, 6.45) is 0. The van der Waals surface area contributed by atoms with Crippen molar-refractivity contribution in [1.82, 2.24) is 4.90 Å². The van der Waals surface area contributed by atoms with Gasteiger partial charge in [-0.1, -0.05) is 42.5 Å².